The van der Waals surface area contributed by atoms with E-state index in [0.29, 0.717) is 15.6 Å². The molecule has 0 N–H and O–H groups in total. The van der Waals surface area contributed by atoms with E-state index >= 15 is 0 Å². The zero-order valence-electron chi connectivity index (χ0n) is 20.2. The summed E-state index contributed by atoms with van der Waals surface area (Å²) in [7, 11) is 0. The van der Waals surface area contributed by atoms with Crippen LogP contribution in [0.1, 0.15) is 41.5 Å². The van der Waals surface area contributed by atoms with Gasteiger partial charge in [0, 0.05) is 22.3 Å². The molecule has 0 fully saturated rings. The molecule has 3 aromatic carbocycles. The number of fused-ring (bicyclic) bond motifs is 3. The maximum absolute atomic E-state index is 14.2. The molecular formula is C29H24Cl3N3O2. The van der Waals surface area contributed by atoms with E-state index in [1.165, 1.54) is 11.0 Å². The van der Waals surface area contributed by atoms with Crippen molar-refractivity contribution in [3.05, 3.63) is 117 Å². The first kappa shape index (κ1) is 25.4. The highest BCUT2D eigenvalue weighted by atomic mass is 35.5. The van der Waals surface area contributed by atoms with Crippen LogP contribution >= 0.6 is 34.8 Å². The molecule has 2 amide bonds. The van der Waals surface area contributed by atoms with Gasteiger partial charge in [0.15, 0.2) is 0 Å². The van der Waals surface area contributed by atoms with Gasteiger partial charge in [0.2, 0.25) is 5.91 Å². The summed E-state index contributed by atoms with van der Waals surface area (Å²) in [5, 5.41) is 1.26. The fourth-order valence-corrected chi connectivity index (χ4v) is 5.47. The number of para-hydroxylation sites is 2. The SMILES string of the molecule is CC(C)N(CC(=O)N1c2ccccc2-n2cccc2C1c1cccc(Cl)c1)C(=O)c1ccc(Cl)cc1Cl. The first-order valence-electron chi connectivity index (χ1n) is 11.9. The number of carbonyl (C=O) groups is 2. The van der Waals surface area contributed by atoms with Crippen molar-refractivity contribution in [1.29, 1.82) is 0 Å². The number of halogens is 3. The molecule has 1 atom stereocenters. The average Bonchev–Trinajstić information content (AvgIpc) is 3.36. The molecule has 1 aliphatic heterocycles. The minimum Gasteiger partial charge on any atom is -0.327 e. The van der Waals surface area contributed by atoms with Crippen LogP contribution in [-0.4, -0.2) is 33.9 Å². The van der Waals surface area contributed by atoms with E-state index in [-0.39, 0.29) is 29.4 Å². The predicted molar refractivity (Wildman–Crippen MR) is 149 cm³/mol. The molecule has 1 aromatic heterocycles. The smallest absolute Gasteiger partial charge is 0.256 e. The van der Waals surface area contributed by atoms with Gasteiger partial charge >= 0.3 is 0 Å². The molecule has 5 nitrogen and oxygen atoms in total. The quantitative estimate of drug-likeness (QED) is 0.259. The molecule has 0 spiro atoms. The lowest BCUT2D eigenvalue weighted by Crippen LogP contribution is -2.48. The number of aromatic nitrogens is 1. The van der Waals surface area contributed by atoms with E-state index < -0.39 is 6.04 Å². The maximum Gasteiger partial charge on any atom is 0.256 e. The molecule has 0 bridgehead atoms. The fourth-order valence-electron chi connectivity index (χ4n) is 4.78. The van der Waals surface area contributed by atoms with E-state index in [1.807, 2.05) is 80.7 Å². The monoisotopic (exact) mass is 551 g/mol. The van der Waals surface area contributed by atoms with Crippen LogP contribution in [0.5, 0.6) is 0 Å². The van der Waals surface area contributed by atoms with Crippen LogP contribution in [0.15, 0.2) is 85.1 Å². The average molecular weight is 553 g/mol. The lowest BCUT2D eigenvalue weighted by Gasteiger charge is -2.40. The highest BCUT2D eigenvalue weighted by Crippen LogP contribution is 2.42. The second-order valence-corrected chi connectivity index (χ2v) is 10.4. The Morgan fingerprint density at radius 2 is 1.59 bits per heavy atom. The Kier molecular flexibility index (Phi) is 7.04. The minimum atomic E-state index is -0.431. The van der Waals surface area contributed by atoms with Crippen LogP contribution in [0, 0.1) is 0 Å². The summed E-state index contributed by atoms with van der Waals surface area (Å²) in [6.07, 6.45) is 1.99. The second-order valence-electron chi connectivity index (χ2n) is 9.16. The Labute approximate surface area is 230 Å². The van der Waals surface area contributed by atoms with E-state index in [0.717, 1.165) is 22.6 Å². The lowest BCUT2D eigenvalue weighted by molar-refractivity contribution is -0.120. The summed E-state index contributed by atoms with van der Waals surface area (Å²) in [6.45, 7) is 3.61. The summed E-state index contributed by atoms with van der Waals surface area (Å²) in [5.74, 6) is -0.560. The maximum atomic E-state index is 14.2. The minimum absolute atomic E-state index is 0.137. The molecule has 0 saturated carbocycles. The van der Waals surface area contributed by atoms with Gasteiger partial charge in [-0.1, -0.05) is 59.1 Å². The molecule has 1 unspecified atom stereocenters. The first-order chi connectivity index (χ1) is 17.8. The Morgan fingerprint density at radius 3 is 2.30 bits per heavy atom. The van der Waals surface area contributed by atoms with Gasteiger partial charge in [-0.15, -0.1) is 0 Å². The van der Waals surface area contributed by atoms with Crippen LogP contribution in [0.3, 0.4) is 0 Å². The third kappa shape index (κ3) is 4.75. The molecule has 4 aromatic rings. The molecule has 0 saturated heterocycles. The van der Waals surface area contributed by atoms with Gasteiger partial charge in [-0.2, -0.15) is 0 Å². The van der Waals surface area contributed by atoms with Crippen molar-refractivity contribution >= 4 is 52.3 Å². The number of rotatable bonds is 5. The normalized spacial score (nSPS) is 14.3. The van der Waals surface area contributed by atoms with Gasteiger partial charge in [0.25, 0.3) is 5.91 Å². The van der Waals surface area contributed by atoms with Crippen LogP contribution in [0.25, 0.3) is 5.69 Å². The van der Waals surface area contributed by atoms with Crippen LogP contribution in [-0.2, 0) is 4.79 Å². The third-order valence-electron chi connectivity index (χ3n) is 6.50. The number of anilines is 1. The van der Waals surface area contributed by atoms with E-state index in [1.54, 1.807) is 17.0 Å². The van der Waals surface area contributed by atoms with Crippen molar-refractivity contribution < 1.29 is 9.59 Å². The van der Waals surface area contributed by atoms with Crippen molar-refractivity contribution in [1.82, 2.24) is 9.47 Å². The van der Waals surface area contributed by atoms with E-state index in [9.17, 15) is 9.59 Å². The van der Waals surface area contributed by atoms with Crippen molar-refractivity contribution in [2.45, 2.75) is 25.9 Å². The number of hydrogen-bond donors (Lipinski definition) is 0. The molecule has 37 heavy (non-hydrogen) atoms. The second kappa shape index (κ2) is 10.3. The van der Waals surface area contributed by atoms with Gasteiger partial charge < -0.3 is 9.47 Å². The Balaban J connectivity index is 1.58. The van der Waals surface area contributed by atoms with E-state index in [4.69, 9.17) is 34.8 Å². The van der Waals surface area contributed by atoms with Gasteiger partial charge in [-0.25, -0.2) is 0 Å². The zero-order chi connectivity index (χ0) is 26.3. The number of amides is 2. The summed E-state index contributed by atoms with van der Waals surface area (Å²) in [6, 6.07) is 23.3. The fraction of sp³-hybridized carbons (Fsp3) is 0.172. The molecule has 188 valence electrons. The van der Waals surface area contributed by atoms with Crippen molar-refractivity contribution in [3.8, 4) is 5.69 Å². The Morgan fingerprint density at radius 1 is 0.865 bits per heavy atom. The van der Waals surface area contributed by atoms with Gasteiger partial charge in [0.1, 0.15) is 12.6 Å². The summed E-state index contributed by atoms with van der Waals surface area (Å²) in [5.41, 5.74) is 3.74. The summed E-state index contributed by atoms with van der Waals surface area (Å²) >= 11 is 18.7. The molecule has 0 radical (unpaired) electrons. The molecule has 0 aliphatic carbocycles. The van der Waals surface area contributed by atoms with Gasteiger partial charge in [0.05, 0.1) is 27.7 Å². The summed E-state index contributed by atoms with van der Waals surface area (Å²) < 4.78 is 2.09. The molecule has 5 rings (SSSR count). The molecule has 1 aliphatic rings. The number of hydrogen-bond acceptors (Lipinski definition) is 2. The summed E-state index contributed by atoms with van der Waals surface area (Å²) in [4.78, 5) is 31.0. The molecule has 8 heteroatoms. The van der Waals surface area contributed by atoms with Gasteiger partial charge in [-0.05, 0) is 74.0 Å². The number of nitrogens with zero attached hydrogens (tertiary/aromatic N) is 3. The standard InChI is InChI=1S/C29H24Cl3N3O2/c1-18(2)34(29(37)22-13-12-21(31)16-23(22)32)17-27(36)35-25-10-4-3-9-24(25)33-14-6-11-26(33)28(35)19-7-5-8-20(30)15-19/h3-16,18,28H,17H2,1-2H3. The zero-order valence-corrected chi connectivity index (χ0v) is 22.5. The van der Waals surface area contributed by atoms with Crippen molar-refractivity contribution in [3.63, 3.8) is 0 Å². The van der Waals surface area contributed by atoms with Gasteiger partial charge in [-0.3, -0.25) is 14.5 Å². The molecule has 2 heterocycles. The van der Waals surface area contributed by atoms with Crippen molar-refractivity contribution in [2.24, 2.45) is 0 Å². The third-order valence-corrected chi connectivity index (χ3v) is 7.29. The Bertz CT molecular complexity index is 1500. The number of benzene rings is 3. The Hall–Kier alpha value is -3.25. The molecular weight excluding hydrogens is 529 g/mol. The van der Waals surface area contributed by atoms with Crippen LogP contribution < -0.4 is 4.90 Å². The van der Waals surface area contributed by atoms with Crippen molar-refractivity contribution in [2.75, 3.05) is 11.4 Å². The highest BCUT2D eigenvalue weighted by molar-refractivity contribution is 6.36. The first-order valence-corrected chi connectivity index (χ1v) is 13.0. The van der Waals surface area contributed by atoms with E-state index in [2.05, 4.69) is 4.57 Å². The van der Waals surface area contributed by atoms with Crippen LogP contribution in [0.2, 0.25) is 15.1 Å². The predicted octanol–water partition coefficient (Wildman–Crippen LogP) is 7.42. The largest absolute Gasteiger partial charge is 0.327 e. The highest BCUT2D eigenvalue weighted by Gasteiger charge is 2.37. The van der Waals surface area contributed by atoms with Crippen LogP contribution in [0.4, 0.5) is 5.69 Å². The number of carbonyl (C=O) groups excluding carboxylic acids is 2. The topological polar surface area (TPSA) is 45.6 Å². The lowest BCUT2D eigenvalue weighted by atomic mass is 9.97.